The van der Waals surface area contributed by atoms with Crippen molar-refractivity contribution in [3.63, 3.8) is 0 Å². The van der Waals surface area contributed by atoms with Crippen molar-refractivity contribution in [1.29, 1.82) is 0 Å². The molecule has 4 aromatic rings. The van der Waals surface area contributed by atoms with Gasteiger partial charge in [0.05, 0.1) is 13.2 Å². The second kappa shape index (κ2) is 8.79. The Labute approximate surface area is 178 Å². The highest BCUT2D eigenvalue weighted by Crippen LogP contribution is 2.25. The van der Waals surface area contributed by atoms with Crippen molar-refractivity contribution < 1.29 is 18.3 Å². The van der Waals surface area contributed by atoms with Crippen LogP contribution < -0.4 is 10.1 Å². The zero-order valence-electron chi connectivity index (χ0n) is 17.0. The third-order valence-electron chi connectivity index (χ3n) is 4.86. The van der Waals surface area contributed by atoms with Crippen LogP contribution in [0.1, 0.15) is 28.9 Å². The van der Waals surface area contributed by atoms with Gasteiger partial charge in [-0.2, -0.15) is 0 Å². The fourth-order valence-corrected chi connectivity index (χ4v) is 3.12. The lowest BCUT2D eigenvalue weighted by Crippen LogP contribution is -2.26. The van der Waals surface area contributed by atoms with Gasteiger partial charge in [0.15, 0.2) is 11.6 Å². The van der Waals surface area contributed by atoms with Crippen LogP contribution in [0.15, 0.2) is 77.2 Å². The number of rotatable bonds is 6. The maximum absolute atomic E-state index is 13.9. The lowest BCUT2D eigenvalue weighted by molar-refractivity contribution is 0.0940. The van der Waals surface area contributed by atoms with Gasteiger partial charge in [0.1, 0.15) is 0 Å². The SMILES string of the molecule is COc1ccc(C(C)NC(=O)c2ccc(-c3nnc(-c4ccccc4)o3)cc2)cc1F. The van der Waals surface area contributed by atoms with Gasteiger partial charge in [-0.05, 0) is 61.0 Å². The summed E-state index contributed by atoms with van der Waals surface area (Å²) in [5.74, 6) is 0.214. The smallest absolute Gasteiger partial charge is 0.251 e. The summed E-state index contributed by atoms with van der Waals surface area (Å²) in [4.78, 5) is 12.6. The molecule has 0 fully saturated rings. The van der Waals surface area contributed by atoms with Crippen molar-refractivity contribution in [1.82, 2.24) is 15.5 Å². The summed E-state index contributed by atoms with van der Waals surface area (Å²) in [6.07, 6.45) is 0. The van der Waals surface area contributed by atoms with Crippen LogP contribution in [0.3, 0.4) is 0 Å². The summed E-state index contributed by atoms with van der Waals surface area (Å²) >= 11 is 0. The number of carbonyl (C=O) groups excluding carboxylic acids is 1. The van der Waals surface area contributed by atoms with Crippen LogP contribution in [0, 0.1) is 5.82 Å². The van der Waals surface area contributed by atoms with Gasteiger partial charge in [-0.15, -0.1) is 10.2 Å². The second-order valence-electron chi connectivity index (χ2n) is 6.94. The van der Waals surface area contributed by atoms with Crippen LogP contribution >= 0.6 is 0 Å². The Bertz CT molecular complexity index is 1190. The molecular formula is C24H20FN3O3. The summed E-state index contributed by atoms with van der Waals surface area (Å²) in [5, 5.41) is 11.0. The number of hydrogen-bond donors (Lipinski definition) is 1. The largest absolute Gasteiger partial charge is 0.494 e. The molecule has 156 valence electrons. The number of hydrogen-bond acceptors (Lipinski definition) is 5. The molecule has 1 amide bonds. The van der Waals surface area contributed by atoms with E-state index in [2.05, 4.69) is 15.5 Å². The molecule has 0 aliphatic rings. The molecule has 1 unspecified atom stereocenters. The first-order chi connectivity index (χ1) is 15.0. The van der Waals surface area contributed by atoms with Gasteiger partial charge < -0.3 is 14.5 Å². The van der Waals surface area contributed by atoms with Gasteiger partial charge in [0.2, 0.25) is 11.8 Å². The number of aromatic nitrogens is 2. The maximum Gasteiger partial charge on any atom is 0.251 e. The van der Waals surface area contributed by atoms with Crippen molar-refractivity contribution in [2.24, 2.45) is 0 Å². The van der Waals surface area contributed by atoms with E-state index in [-0.39, 0.29) is 17.7 Å². The van der Waals surface area contributed by atoms with Crippen LogP contribution in [-0.2, 0) is 0 Å². The molecule has 0 aliphatic carbocycles. The Morgan fingerprint density at radius 1 is 0.968 bits per heavy atom. The van der Waals surface area contributed by atoms with E-state index in [1.165, 1.54) is 19.2 Å². The molecule has 3 aromatic carbocycles. The first-order valence-corrected chi connectivity index (χ1v) is 9.69. The molecule has 7 heteroatoms. The van der Waals surface area contributed by atoms with Crippen molar-refractivity contribution in [2.75, 3.05) is 7.11 Å². The normalized spacial score (nSPS) is 11.7. The van der Waals surface area contributed by atoms with Crippen LogP contribution in [0.2, 0.25) is 0 Å². The van der Waals surface area contributed by atoms with Gasteiger partial charge in [-0.25, -0.2) is 4.39 Å². The highest BCUT2D eigenvalue weighted by molar-refractivity contribution is 5.94. The van der Waals surface area contributed by atoms with E-state index in [1.807, 2.05) is 30.3 Å². The minimum Gasteiger partial charge on any atom is -0.494 e. The van der Waals surface area contributed by atoms with E-state index in [9.17, 15) is 9.18 Å². The van der Waals surface area contributed by atoms with E-state index in [1.54, 1.807) is 37.3 Å². The van der Waals surface area contributed by atoms with E-state index in [4.69, 9.17) is 9.15 Å². The van der Waals surface area contributed by atoms with Crippen molar-refractivity contribution in [2.45, 2.75) is 13.0 Å². The number of methoxy groups -OCH3 is 1. The average Bonchev–Trinajstić information content (AvgIpc) is 3.30. The topological polar surface area (TPSA) is 77.2 Å². The van der Waals surface area contributed by atoms with Crippen molar-refractivity contribution >= 4 is 5.91 Å². The average molecular weight is 417 g/mol. The zero-order chi connectivity index (χ0) is 21.8. The molecule has 0 saturated heterocycles. The van der Waals surface area contributed by atoms with Gasteiger partial charge in [-0.1, -0.05) is 24.3 Å². The minimum absolute atomic E-state index is 0.161. The molecule has 1 atom stereocenters. The Kier molecular flexibility index (Phi) is 5.75. The van der Waals surface area contributed by atoms with Crippen LogP contribution in [0.4, 0.5) is 4.39 Å². The first kappa shape index (κ1) is 20.3. The van der Waals surface area contributed by atoms with Crippen molar-refractivity contribution in [3.8, 4) is 28.7 Å². The Morgan fingerprint density at radius 3 is 2.23 bits per heavy atom. The molecule has 1 N–H and O–H groups in total. The van der Waals surface area contributed by atoms with Gasteiger partial charge in [0.25, 0.3) is 5.91 Å². The molecule has 0 saturated carbocycles. The van der Waals surface area contributed by atoms with Crippen LogP contribution in [0.5, 0.6) is 5.75 Å². The van der Waals surface area contributed by atoms with E-state index < -0.39 is 5.82 Å². The number of amides is 1. The Balaban J connectivity index is 1.45. The molecule has 31 heavy (non-hydrogen) atoms. The summed E-state index contributed by atoms with van der Waals surface area (Å²) < 4.78 is 24.6. The minimum atomic E-state index is -0.472. The predicted octanol–water partition coefficient (Wildman–Crippen LogP) is 5.04. The third kappa shape index (κ3) is 4.45. The van der Waals surface area contributed by atoms with Crippen LogP contribution in [0.25, 0.3) is 22.9 Å². The molecular weight excluding hydrogens is 397 g/mol. The second-order valence-corrected chi connectivity index (χ2v) is 6.94. The molecule has 4 rings (SSSR count). The number of nitrogens with one attached hydrogen (secondary N) is 1. The lowest BCUT2D eigenvalue weighted by atomic mass is 10.1. The van der Waals surface area contributed by atoms with E-state index in [0.717, 1.165) is 5.56 Å². The highest BCUT2D eigenvalue weighted by Gasteiger charge is 2.15. The molecule has 1 aromatic heterocycles. The third-order valence-corrected chi connectivity index (χ3v) is 4.86. The molecule has 1 heterocycles. The number of carbonyl (C=O) groups is 1. The number of halogens is 1. The molecule has 0 radical (unpaired) electrons. The van der Waals surface area contributed by atoms with Gasteiger partial charge in [0, 0.05) is 16.7 Å². The monoisotopic (exact) mass is 417 g/mol. The number of benzene rings is 3. The Morgan fingerprint density at radius 2 is 1.61 bits per heavy atom. The van der Waals surface area contributed by atoms with E-state index in [0.29, 0.717) is 28.5 Å². The molecule has 0 bridgehead atoms. The zero-order valence-corrected chi connectivity index (χ0v) is 17.0. The number of nitrogens with zero attached hydrogens (tertiary/aromatic N) is 2. The van der Waals surface area contributed by atoms with Gasteiger partial charge in [-0.3, -0.25) is 4.79 Å². The number of ether oxygens (including phenoxy) is 1. The molecule has 0 aliphatic heterocycles. The lowest BCUT2D eigenvalue weighted by Gasteiger charge is -2.15. The summed E-state index contributed by atoms with van der Waals surface area (Å²) in [5.41, 5.74) is 2.65. The van der Waals surface area contributed by atoms with Crippen LogP contribution in [-0.4, -0.2) is 23.2 Å². The maximum atomic E-state index is 13.9. The fourth-order valence-electron chi connectivity index (χ4n) is 3.12. The Hall–Kier alpha value is -4.00. The summed E-state index contributed by atoms with van der Waals surface area (Å²) in [6, 6.07) is 20.6. The summed E-state index contributed by atoms with van der Waals surface area (Å²) in [6.45, 7) is 1.79. The summed E-state index contributed by atoms with van der Waals surface area (Å²) in [7, 11) is 1.41. The van der Waals surface area contributed by atoms with Gasteiger partial charge >= 0.3 is 0 Å². The molecule has 6 nitrogen and oxygen atoms in total. The fraction of sp³-hybridized carbons (Fsp3) is 0.125. The standard InChI is InChI=1S/C24H20FN3O3/c1-15(19-12-13-21(30-2)20(25)14-19)26-22(29)16-8-10-18(11-9-16)24-28-27-23(31-24)17-6-4-3-5-7-17/h3-15H,1-2H3,(H,26,29). The van der Waals surface area contributed by atoms with Crippen molar-refractivity contribution in [3.05, 3.63) is 89.7 Å². The first-order valence-electron chi connectivity index (χ1n) is 9.69. The predicted molar refractivity (Wildman–Crippen MR) is 114 cm³/mol. The van der Waals surface area contributed by atoms with E-state index >= 15 is 0 Å². The quantitative estimate of drug-likeness (QED) is 0.475. The molecule has 0 spiro atoms. The highest BCUT2D eigenvalue weighted by atomic mass is 19.1.